The third kappa shape index (κ3) is 3.18. The van der Waals surface area contributed by atoms with Crippen molar-refractivity contribution < 1.29 is 4.79 Å². The average Bonchev–Trinajstić information content (AvgIpc) is 3.36. The number of carbonyl (C=O) groups is 1. The summed E-state index contributed by atoms with van der Waals surface area (Å²) in [6, 6.07) is 10.6. The molecule has 0 aromatic heterocycles. The normalized spacial score (nSPS) is 23.0. The van der Waals surface area contributed by atoms with E-state index in [1.165, 1.54) is 5.56 Å². The first-order chi connectivity index (χ1) is 10.6. The second kappa shape index (κ2) is 6.39. The lowest BCUT2D eigenvalue weighted by molar-refractivity contribution is -0.123. The molecular weight excluding hydrogens is 274 g/mol. The van der Waals surface area contributed by atoms with E-state index in [2.05, 4.69) is 41.2 Å². The molecule has 4 heteroatoms. The number of hydrogen-bond donors (Lipinski definition) is 1. The van der Waals surface area contributed by atoms with Crippen LogP contribution in [0.25, 0.3) is 0 Å². The summed E-state index contributed by atoms with van der Waals surface area (Å²) in [5.41, 5.74) is 0.920. The van der Waals surface area contributed by atoms with Crippen molar-refractivity contribution in [1.82, 2.24) is 15.1 Å². The van der Waals surface area contributed by atoms with Crippen molar-refractivity contribution >= 4 is 5.91 Å². The number of likely N-dealkylation sites (N-methyl/N-ethyl adjacent to an activating group) is 1. The van der Waals surface area contributed by atoms with E-state index in [-0.39, 0.29) is 11.3 Å². The van der Waals surface area contributed by atoms with Crippen LogP contribution in [0.1, 0.15) is 25.3 Å². The van der Waals surface area contributed by atoms with E-state index in [4.69, 9.17) is 0 Å². The predicted molar refractivity (Wildman–Crippen MR) is 88.9 cm³/mol. The van der Waals surface area contributed by atoms with E-state index in [1.54, 1.807) is 0 Å². The van der Waals surface area contributed by atoms with Crippen molar-refractivity contribution in [3.8, 4) is 0 Å². The highest BCUT2D eigenvalue weighted by Gasteiger charge is 2.51. The first-order valence-electron chi connectivity index (χ1n) is 8.38. The number of nitrogens with one attached hydrogen (secondary N) is 1. The molecule has 3 rings (SSSR count). The van der Waals surface area contributed by atoms with Crippen LogP contribution in [-0.4, -0.2) is 61.5 Å². The van der Waals surface area contributed by atoms with E-state index < -0.39 is 0 Å². The highest BCUT2D eigenvalue weighted by molar-refractivity contribution is 5.91. The van der Waals surface area contributed by atoms with Gasteiger partial charge in [-0.1, -0.05) is 30.3 Å². The molecule has 1 N–H and O–H groups in total. The second-order valence-corrected chi connectivity index (χ2v) is 6.85. The van der Waals surface area contributed by atoms with Gasteiger partial charge in [0.05, 0.1) is 5.41 Å². The van der Waals surface area contributed by atoms with Gasteiger partial charge in [-0.25, -0.2) is 0 Å². The zero-order valence-corrected chi connectivity index (χ0v) is 13.7. The Morgan fingerprint density at radius 3 is 2.41 bits per heavy atom. The fraction of sp³-hybridized carbons (Fsp3) is 0.611. The van der Waals surface area contributed by atoms with Crippen LogP contribution in [0.2, 0.25) is 0 Å². The number of amides is 1. The first-order valence-corrected chi connectivity index (χ1v) is 8.38. The van der Waals surface area contributed by atoms with Crippen LogP contribution in [0.5, 0.6) is 0 Å². The van der Waals surface area contributed by atoms with Crippen LogP contribution in [-0.2, 0) is 10.2 Å². The monoisotopic (exact) mass is 301 g/mol. The molecule has 1 saturated heterocycles. The molecule has 1 amide bonds. The number of nitrogens with zero attached hydrogens (tertiary/aromatic N) is 2. The summed E-state index contributed by atoms with van der Waals surface area (Å²) in [4.78, 5) is 17.5. The fourth-order valence-corrected chi connectivity index (χ4v) is 3.33. The number of piperazine rings is 1. The molecule has 1 aromatic carbocycles. The van der Waals surface area contributed by atoms with Gasteiger partial charge in [-0.15, -0.1) is 0 Å². The highest BCUT2D eigenvalue weighted by Crippen LogP contribution is 2.48. The maximum absolute atomic E-state index is 12.6. The smallest absolute Gasteiger partial charge is 0.230 e. The maximum Gasteiger partial charge on any atom is 0.230 e. The molecule has 1 aliphatic heterocycles. The molecule has 4 nitrogen and oxygen atoms in total. The summed E-state index contributed by atoms with van der Waals surface area (Å²) in [5, 5.41) is 3.20. The lowest BCUT2D eigenvalue weighted by atomic mass is 9.95. The summed E-state index contributed by atoms with van der Waals surface area (Å²) >= 11 is 0. The van der Waals surface area contributed by atoms with E-state index in [9.17, 15) is 4.79 Å². The molecular formula is C18H27N3O. The van der Waals surface area contributed by atoms with Crippen molar-refractivity contribution in [2.24, 2.45) is 0 Å². The van der Waals surface area contributed by atoms with Crippen molar-refractivity contribution in [3.05, 3.63) is 35.9 Å². The Kier molecular flexibility index (Phi) is 4.50. The molecule has 1 aliphatic carbocycles. The molecule has 120 valence electrons. The van der Waals surface area contributed by atoms with E-state index in [0.29, 0.717) is 6.04 Å². The predicted octanol–water partition coefficient (Wildman–Crippen LogP) is 1.47. The standard InChI is InChI=1S/C18H27N3O/c1-15(21-12-10-20(2)11-13-21)14-19-17(22)18(8-9-18)16-6-4-3-5-7-16/h3-7,15H,8-14H2,1-2H3,(H,19,22)/t15-/m1/s1. The van der Waals surface area contributed by atoms with Gasteiger partial charge in [0, 0.05) is 38.8 Å². The van der Waals surface area contributed by atoms with Crippen LogP contribution in [0.15, 0.2) is 30.3 Å². The van der Waals surface area contributed by atoms with E-state index in [0.717, 1.165) is 45.6 Å². The van der Waals surface area contributed by atoms with Gasteiger partial charge in [0.25, 0.3) is 0 Å². The minimum Gasteiger partial charge on any atom is -0.354 e. The van der Waals surface area contributed by atoms with Crippen molar-refractivity contribution in [2.45, 2.75) is 31.2 Å². The summed E-state index contributed by atoms with van der Waals surface area (Å²) in [5.74, 6) is 0.208. The zero-order valence-electron chi connectivity index (χ0n) is 13.7. The van der Waals surface area contributed by atoms with Crippen LogP contribution >= 0.6 is 0 Å². The Bertz CT molecular complexity index is 504. The van der Waals surface area contributed by atoms with Crippen LogP contribution in [0.4, 0.5) is 0 Å². The summed E-state index contributed by atoms with van der Waals surface area (Å²) in [6.45, 7) is 7.39. The summed E-state index contributed by atoms with van der Waals surface area (Å²) < 4.78 is 0. The highest BCUT2D eigenvalue weighted by atomic mass is 16.2. The maximum atomic E-state index is 12.6. The minimum atomic E-state index is -0.247. The Hall–Kier alpha value is -1.39. The van der Waals surface area contributed by atoms with Crippen molar-refractivity contribution in [2.75, 3.05) is 39.8 Å². The molecule has 1 saturated carbocycles. The number of benzene rings is 1. The Morgan fingerprint density at radius 1 is 1.18 bits per heavy atom. The van der Waals surface area contributed by atoms with Crippen LogP contribution in [0.3, 0.4) is 0 Å². The SMILES string of the molecule is C[C@H](CNC(=O)C1(c2ccccc2)CC1)N1CCN(C)CC1. The molecule has 1 heterocycles. The van der Waals surface area contributed by atoms with Gasteiger partial charge in [-0.3, -0.25) is 9.69 Å². The Balaban J connectivity index is 1.52. The summed E-state index contributed by atoms with van der Waals surface area (Å²) in [7, 11) is 2.17. The van der Waals surface area contributed by atoms with Crippen LogP contribution in [0, 0.1) is 0 Å². The number of hydrogen-bond acceptors (Lipinski definition) is 3. The van der Waals surface area contributed by atoms with Gasteiger partial charge in [-0.2, -0.15) is 0 Å². The van der Waals surface area contributed by atoms with E-state index in [1.807, 2.05) is 18.2 Å². The van der Waals surface area contributed by atoms with Crippen molar-refractivity contribution in [3.63, 3.8) is 0 Å². The Morgan fingerprint density at radius 2 is 1.82 bits per heavy atom. The molecule has 0 unspecified atom stereocenters. The lowest BCUT2D eigenvalue weighted by Crippen LogP contribution is -2.52. The number of carbonyl (C=O) groups excluding carboxylic acids is 1. The third-order valence-electron chi connectivity index (χ3n) is 5.23. The van der Waals surface area contributed by atoms with Gasteiger partial charge in [-0.05, 0) is 32.4 Å². The number of rotatable bonds is 5. The topological polar surface area (TPSA) is 35.6 Å². The second-order valence-electron chi connectivity index (χ2n) is 6.85. The molecule has 0 radical (unpaired) electrons. The summed E-state index contributed by atoms with van der Waals surface area (Å²) in [6.07, 6.45) is 1.96. The molecule has 0 spiro atoms. The quantitative estimate of drug-likeness (QED) is 0.894. The Labute approximate surface area is 133 Å². The average molecular weight is 301 g/mol. The molecule has 22 heavy (non-hydrogen) atoms. The van der Waals surface area contributed by atoms with Gasteiger partial charge in [0.2, 0.25) is 5.91 Å². The molecule has 2 aliphatic rings. The van der Waals surface area contributed by atoms with E-state index >= 15 is 0 Å². The van der Waals surface area contributed by atoms with Gasteiger partial charge >= 0.3 is 0 Å². The minimum absolute atomic E-state index is 0.208. The molecule has 1 aromatic rings. The first kappa shape index (κ1) is 15.5. The van der Waals surface area contributed by atoms with Gasteiger partial charge in [0.1, 0.15) is 0 Å². The zero-order chi connectivity index (χ0) is 15.6. The fourth-order valence-electron chi connectivity index (χ4n) is 3.33. The van der Waals surface area contributed by atoms with Crippen LogP contribution < -0.4 is 5.32 Å². The third-order valence-corrected chi connectivity index (χ3v) is 5.23. The molecule has 1 atom stereocenters. The lowest BCUT2D eigenvalue weighted by Gasteiger charge is -2.36. The van der Waals surface area contributed by atoms with Gasteiger partial charge < -0.3 is 10.2 Å². The van der Waals surface area contributed by atoms with Crippen molar-refractivity contribution in [1.29, 1.82) is 0 Å². The van der Waals surface area contributed by atoms with Gasteiger partial charge in [0.15, 0.2) is 0 Å². The molecule has 0 bridgehead atoms. The largest absolute Gasteiger partial charge is 0.354 e. The molecule has 2 fully saturated rings.